The number of nitrogens with one attached hydrogen (secondary N) is 1. The maximum Gasteiger partial charge on any atom is 0.255 e. The number of carbonyl (C=O) groups is 1. The normalized spacial score (nSPS) is 11.8. The van der Waals surface area contributed by atoms with Gasteiger partial charge in [-0.15, -0.1) is 0 Å². The zero-order valence-corrected chi connectivity index (χ0v) is 15.2. The molecule has 0 spiro atoms. The van der Waals surface area contributed by atoms with Gasteiger partial charge in [-0.3, -0.25) is 4.79 Å². The molecule has 3 N–H and O–H groups in total. The number of anilines is 1. The number of nitrogen functional groups attached to an aromatic ring is 1. The average molecular weight is 363 g/mol. The fourth-order valence-electron chi connectivity index (χ4n) is 2.37. The minimum Gasteiger partial charge on any atom is -0.496 e. The largest absolute Gasteiger partial charge is 0.496 e. The first-order valence-corrected chi connectivity index (χ1v) is 8.48. The van der Waals surface area contributed by atoms with Crippen molar-refractivity contribution in [1.82, 2.24) is 5.32 Å². The lowest BCUT2D eigenvalue weighted by Crippen LogP contribution is -2.26. The Hall–Kier alpha value is -2.24. The van der Waals surface area contributed by atoms with E-state index >= 15 is 0 Å². The van der Waals surface area contributed by atoms with E-state index in [4.69, 9.17) is 26.8 Å². The van der Waals surface area contributed by atoms with E-state index in [2.05, 4.69) is 5.32 Å². The van der Waals surface area contributed by atoms with E-state index in [1.807, 2.05) is 37.3 Å². The Morgan fingerprint density at radius 1 is 1.28 bits per heavy atom. The molecular weight excluding hydrogens is 340 g/mol. The third kappa shape index (κ3) is 5.37. The minimum atomic E-state index is -0.255. The first-order valence-electron chi connectivity index (χ1n) is 8.10. The van der Waals surface area contributed by atoms with Crippen LogP contribution in [0.1, 0.15) is 35.4 Å². The number of halogens is 1. The van der Waals surface area contributed by atoms with Crippen molar-refractivity contribution in [3.8, 4) is 5.75 Å². The molecule has 0 radical (unpaired) electrons. The average Bonchev–Trinajstić information content (AvgIpc) is 2.63. The van der Waals surface area contributed by atoms with Gasteiger partial charge >= 0.3 is 0 Å². The maximum atomic E-state index is 12.3. The van der Waals surface area contributed by atoms with Crippen LogP contribution in [0.3, 0.4) is 0 Å². The van der Waals surface area contributed by atoms with Gasteiger partial charge in [-0.1, -0.05) is 41.9 Å². The highest BCUT2D eigenvalue weighted by Crippen LogP contribution is 2.28. The first-order chi connectivity index (χ1) is 12.0. The van der Waals surface area contributed by atoms with Gasteiger partial charge in [0.15, 0.2) is 0 Å². The Morgan fingerprint density at radius 3 is 2.68 bits per heavy atom. The number of hydrogen-bond donors (Lipinski definition) is 2. The van der Waals surface area contributed by atoms with Crippen LogP contribution in [0.5, 0.6) is 5.75 Å². The molecule has 0 saturated heterocycles. The first kappa shape index (κ1) is 19.1. The lowest BCUT2D eigenvalue weighted by molar-refractivity contribution is 0.0635. The molecule has 0 saturated carbocycles. The predicted molar refractivity (Wildman–Crippen MR) is 100 cm³/mol. The molecular formula is C19H23ClN2O3. The predicted octanol–water partition coefficient (Wildman–Crippen LogP) is 3.83. The van der Waals surface area contributed by atoms with E-state index in [0.717, 1.165) is 5.56 Å². The molecule has 2 aromatic carbocycles. The van der Waals surface area contributed by atoms with Crippen molar-refractivity contribution in [2.24, 2.45) is 0 Å². The van der Waals surface area contributed by atoms with Crippen molar-refractivity contribution in [3.05, 3.63) is 58.6 Å². The summed E-state index contributed by atoms with van der Waals surface area (Å²) in [5.74, 6) is 0.142. The van der Waals surface area contributed by atoms with Crippen LogP contribution in [0.2, 0.25) is 5.02 Å². The summed E-state index contributed by atoms with van der Waals surface area (Å²) in [6.45, 7) is 3.05. The number of amides is 1. The molecule has 2 aromatic rings. The Labute approximate surface area is 153 Å². The van der Waals surface area contributed by atoms with Gasteiger partial charge in [-0.25, -0.2) is 0 Å². The molecule has 0 heterocycles. The highest BCUT2D eigenvalue weighted by molar-refractivity contribution is 6.33. The summed E-state index contributed by atoms with van der Waals surface area (Å²) < 4.78 is 11.0. The van der Waals surface area contributed by atoms with Crippen LogP contribution in [0, 0.1) is 0 Å². The SMILES string of the molecule is COc1cc(N)c(Cl)cc1C(=O)NCCCOC(C)c1ccccc1. The summed E-state index contributed by atoms with van der Waals surface area (Å²) in [6.07, 6.45) is 0.724. The van der Waals surface area contributed by atoms with Gasteiger partial charge in [0.2, 0.25) is 0 Å². The van der Waals surface area contributed by atoms with Crippen LogP contribution in [-0.2, 0) is 4.74 Å². The van der Waals surface area contributed by atoms with E-state index in [1.54, 1.807) is 6.07 Å². The molecule has 0 aliphatic heterocycles. The number of nitrogens with two attached hydrogens (primary N) is 1. The second-order valence-corrected chi connectivity index (χ2v) is 6.01. The molecule has 1 atom stereocenters. The zero-order chi connectivity index (χ0) is 18.2. The van der Waals surface area contributed by atoms with Crippen molar-refractivity contribution in [3.63, 3.8) is 0 Å². The van der Waals surface area contributed by atoms with Crippen LogP contribution in [-0.4, -0.2) is 26.2 Å². The van der Waals surface area contributed by atoms with Gasteiger partial charge in [0, 0.05) is 19.2 Å². The number of ether oxygens (including phenoxy) is 2. The van der Waals surface area contributed by atoms with E-state index in [9.17, 15) is 4.79 Å². The highest BCUT2D eigenvalue weighted by Gasteiger charge is 2.14. The second-order valence-electron chi connectivity index (χ2n) is 5.61. The Bertz CT molecular complexity index is 707. The fraction of sp³-hybridized carbons (Fsp3) is 0.316. The fourth-order valence-corrected chi connectivity index (χ4v) is 2.53. The molecule has 25 heavy (non-hydrogen) atoms. The number of carbonyl (C=O) groups excluding carboxylic acids is 1. The molecule has 6 heteroatoms. The smallest absolute Gasteiger partial charge is 0.255 e. The van der Waals surface area contributed by atoms with Gasteiger partial charge in [0.05, 0.1) is 29.5 Å². The second kappa shape index (κ2) is 9.30. The van der Waals surface area contributed by atoms with Gasteiger partial charge in [-0.2, -0.15) is 0 Å². The number of hydrogen-bond acceptors (Lipinski definition) is 4. The van der Waals surface area contributed by atoms with E-state index < -0.39 is 0 Å². The van der Waals surface area contributed by atoms with Crippen LogP contribution >= 0.6 is 11.6 Å². The third-order valence-electron chi connectivity index (χ3n) is 3.81. The molecule has 2 rings (SSSR count). The van der Waals surface area contributed by atoms with E-state index in [1.165, 1.54) is 13.2 Å². The topological polar surface area (TPSA) is 73.6 Å². The molecule has 1 unspecified atom stereocenters. The van der Waals surface area contributed by atoms with Crippen LogP contribution in [0.25, 0.3) is 0 Å². The lowest BCUT2D eigenvalue weighted by Gasteiger charge is -2.14. The Kier molecular flexibility index (Phi) is 7.10. The van der Waals surface area contributed by atoms with Gasteiger partial charge in [-0.05, 0) is 25.0 Å². The molecule has 1 amide bonds. The quantitative estimate of drug-likeness (QED) is 0.553. The monoisotopic (exact) mass is 362 g/mol. The maximum absolute atomic E-state index is 12.3. The Balaban J connectivity index is 1.78. The molecule has 0 aliphatic rings. The van der Waals surface area contributed by atoms with Gasteiger partial charge in [0.1, 0.15) is 5.75 Å². The van der Waals surface area contributed by atoms with Crippen molar-refractivity contribution in [2.45, 2.75) is 19.4 Å². The molecule has 134 valence electrons. The third-order valence-corrected chi connectivity index (χ3v) is 4.13. The van der Waals surface area contributed by atoms with E-state index in [-0.39, 0.29) is 12.0 Å². The van der Waals surface area contributed by atoms with Crippen molar-refractivity contribution in [2.75, 3.05) is 26.0 Å². The number of rotatable bonds is 8. The van der Waals surface area contributed by atoms with Crippen molar-refractivity contribution in [1.29, 1.82) is 0 Å². The van der Waals surface area contributed by atoms with Crippen molar-refractivity contribution >= 4 is 23.2 Å². The zero-order valence-electron chi connectivity index (χ0n) is 14.4. The summed E-state index contributed by atoms with van der Waals surface area (Å²) in [7, 11) is 1.48. The number of methoxy groups -OCH3 is 1. The molecule has 5 nitrogen and oxygen atoms in total. The van der Waals surface area contributed by atoms with Gasteiger partial charge < -0.3 is 20.5 Å². The van der Waals surface area contributed by atoms with Crippen LogP contribution < -0.4 is 15.8 Å². The summed E-state index contributed by atoms with van der Waals surface area (Å²) in [6, 6.07) is 13.1. The molecule has 0 fully saturated rings. The van der Waals surface area contributed by atoms with Crippen LogP contribution in [0.4, 0.5) is 5.69 Å². The van der Waals surface area contributed by atoms with Crippen LogP contribution in [0.15, 0.2) is 42.5 Å². The van der Waals surface area contributed by atoms with E-state index in [0.29, 0.717) is 41.6 Å². The van der Waals surface area contributed by atoms with Gasteiger partial charge in [0.25, 0.3) is 5.91 Å². The standard InChI is InChI=1S/C19H23ClN2O3/c1-13(14-7-4-3-5-8-14)25-10-6-9-22-19(23)15-11-16(20)17(21)12-18(15)24-2/h3-5,7-8,11-13H,6,9-10,21H2,1-2H3,(H,22,23). The molecule has 0 aliphatic carbocycles. The lowest BCUT2D eigenvalue weighted by atomic mass is 10.1. The molecule has 0 bridgehead atoms. The summed E-state index contributed by atoms with van der Waals surface area (Å²) in [5, 5.41) is 3.16. The minimum absolute atomic E-state index is 0.0212. The van der Waals surface area contributed by atoms with Crippen molar-refractivity contribution < 1.29 is 14.3 Å². The highest BCUT2D eigenvalue weighted by atomic mass is 35.5. The number of benzene rings is 2. The summed E-state index contributed by atoms with van der Waals surface area (Å²) in [4.78, 5) is 12.3. The molecule has 0 aromatic heterocycles. The summed E-state index contributed by atoms with van der Waals surface area (Å²) in [5.41, 5.74) is 7.59. The summed E-state index contributed by atoms with van der Waals surface area (Å²) >= 11 is 5.98. The Morgan fingerprint density at radius 2 is 2.00 bits per heavy atom.